The van der Waals surface area contributed by atoms with Crippen LogP contribution in [0.2, 0.25) is 0 Å². The van der Waals surface area contributed by atoms with Crippen LogP contribution in [0.3, 0.4) is 0 Å². The van der Waals surface area contributed by atoms with Crippen molar-refractivity contribution in [3.8, 4) is 11.3 Å². The van der Waals surface area contributed by atoms with Crippen molar-refractivity contribution in [2.45, 2.75) is 20.3 Å². The highest BCUT2D eigenvalue weighted by Crippen LogP contribution is 2.39. The number of carbonyl (C=O) groups excluding carboxylic acids is 1. The van der Waals surface area contributed by atoms with Crippen molar-refractivity contribution in [2.75, 3.05) is 5.32 Å². The standard InChI is InChI=1S/C15H15BrN2OS/c1-8-7-12(8)14(19)18-15-17-13(9(2)20-15)10-3-5-11(16)6-4-10/h3-6,8,12H,7H2,1-2H3,(H,17,18,19)/t8-,12+/m0/s1. The summed E-state index contributed by atoms with van der Waals surface area (Å²) in [5, 5.41) is 3.63. The first-order valence-electron chi connectivity index (χ1n) is 6.59. The average Bonchev–Trinajstić information content (AvgIpc) is 3.03. The Labute approximate surface area is 130 Å². The van der Waals surface area contributed by atoms with Crippen LogP contribution in [0.4, 0.5) is 5.13 Å². The predicted molar refractivity (Wildman–Crippen MR) is 85.9 cm³/mol. The predicted octanol–water partition coefficient (Wildman–Crippen LogP) is 4.48. The van der Waals surface area contributed by atoms with Crippen LogP contribution in [0, 0.1) is 18.8 Å². The number of carbonyl (C=O) groups is 1. The van der Waals surface area contributed by atoms with Crippen molar-refractivity contribution in [2.24, 2.45) is 11.8 Å². The lowest BCUT2D eigenvalue weighted by Gasteiger charge is -1.99. The summed E-state index contributed by atoms with van der Waals surface area (Å²) >= 11 is 4.96. The molecule has 1 aliphatic rings. The van der Waals surface area contributed by atoms with E-state index in [1.54, 1.807) is 0 Å². The summed E-state index contributed by atoms with van der Waals surface area (Å²) in [5.41, 5.74) is 2.02. The van der Waals surface area contributed by atoms with Crippen LogP contribution in [-0.4, -0.2) is 10.9 Å². The number of anilines is 1. The number of hydrogen-bond acceptors (Lipinski definition) is 3. The van der Waals surface area contributed by atoms with Crippen LogP contribution >= 0.6 is 27.3 Å². The number of thiazole rings is 1. The van der Waals surface area contributed by atoms with E-state index in [1.165, 1.54) is 11.3 Å². The SMILES string of the molecule is Cc1sc(NC(=O)[C@@H]2C[C@@H]2C)nc1-c1ccc(Br)cc1. The third-order valence-electron chi connectivity index (χ3n) is 3.59. The highest BCUT2D eigenvalue weighted by Gasteiger charge is 2.39. The first-order valence-corrected chi connectivity index (χ1v) is 8.20. The summed E-state index contributed by atoms with van der Waals surface area (Å²) in [6.07, 6.45) is 0.996. The van der Waals surface area contributed by atoms with E-state index in [2.05, 4.69) is 33.2 Å². The molecule has 1 amide bonds. The van der Waals surface area contributed by atoms with Gasteiger partial charge in [0.05, 0.1) is 5.69 Å². The van der Waals surface area contributed by atoms with Gasteiger partial charge >= 0.3 is 0 Å². The van der Waals surface area contributed by atoms with Gasteiger partial charge in [-0.15, -0.1) is 11.3 Å². The maximum atomic E-state index is 11.9. The molecule has 0 saturated heterocycles. The van der Waals surface area contributed by atoms with Gasteiger partial charge in [-0.1, -0.05) is 35.0 Å². The van der Waals surface area contributed by atoms with Crippen LogP contribution in [-0.2, 0) is 4.79 Å². The zero-order valence-electron chi connectivity index (χ0n) is 11.3. The number of nitrogens with one attached hydrogen (secondary N) is 1. The Bertz CT molecular complexity index is 650. The second-order valence-corrected chi connectivity index (χ2v) is 7.36. The van der Waals surface area contributed by atoms with Gasteiger partial charge in [-0.2, -0.15) is 0 Å². The van der Waals surface area contributed by atoms with Crippen molar-refractivity contribution in [3.63, 3.8) is 0 Å². The summed E-state index contributed by atoms with van der Waals surface area (Å²) in [5.74, 6) is 0.797. The molecule has 0 spiro atoms. The molecule has 3 rings (SSSR count). The molecular weight excluding hydrogens is 336 g/mol. The summed E-state index contributed by atoms with van der Waals surface area (Å²) in [6.45, 7) is 4.13. The molecule has 1 aliphatic carbocycles. The largest absolute Gasteiger partial charge is 0.302 e. The topological polar surface area (TPSA) is 42.0 Å². The molecular formula is C15H15BrN2OS. The molecule has 3 nitrogen and oxygen atoms in total. The van der Waals surface area contributed by atoms with Gasteiger partial charge in [-0.3, -0.25) is 4.79 Å². The molecule has 1 aromatic carbocycles. The molecule has 1 fully saturated rings. The smallest absolute Gasteiger partial charge is 0.229 e. The number of aryl methyl sites for hydroxylation is 1. The number of halogens is 1. The van der Waals surface area contributed by atoms with E-state index >= 15 is 0 Å². The molecule has 1 heterocycles. The van der Waals surface area contributed by atoms with Crippen LogP contribution < -0.4 is 5.32 Å². The molecule has 0 bridgehead atoms. The van der Waals surface area contributed by atoms with Gasteiger partial charge in [-0.25, -0.2) is 4.98 Å². The molecule has 1 aromatic heterocycles. The van der Waals surface area contributed by atoms with Gasteiger partial charge in [0.25, 0.3) is 0 Å². The van der Waals surface area contributed by atoms with Gasteiger partial charge in [-0.05, 0) is 31.4 Å². The van der Waals surface area contributed by atoms with Gasteiger partial charge in [0.1, 0.15) is 0 Å². The minimum atomic E-state index is 0.105. The van der Waals surface area contributed by atoms with Crippen molar-refractivity contribution in [1.29, 1.82) is 0 Å². The van der Waals surface area contributed by atoms with Crippen LogP contribution in [0.5, 0.6) is 0 Å². The Morgan fingerprint density at radius 3 is 2.65 bits per heavy atom. The zero-order chi connectivity index (χ0) is 14.3. The Balaban J connectivity index is 1.80. The Kier molecular flexibility index (Phi) is 3.65. The first kappa shape index (κ1) is 13.8. The number of hydrogen-bond donors (Lipinski definition) is 1. The Hall–Kier alpha value is -1.20. The lowest BCUT2D eigenvalue weighted by Crippen LogP contribution is -2.14. The summed E-state index contributed by atoms with van der Waals surface area (Å²) in [4.78, 5) is 17.6. The fourth-order valence-electron chi connectivity index (χ4n) is 2.21. The van der Waals surface area contributed by atoms with Gasteiger partial charge in [0.2, 0.25) is 5.91 Å². The van der Waals surface area contributed by atoms with E-state index in [1.807, 2.05) is 31.2 Å². The average molecular weight is 351 g/mol. The van der Waals surface area contributed by atoms with Crippen molar-refractivity contribution >= 4 is 38.3 Å². The van der Waals surface area contributed by atoms with Gasteiger partial charge < -0.3 is 5.32 Å². The fraction of sp³-hybridized carbons (Fsp3) is 0.333. The number of amides is 1. The zero-order valence-corrected chi connectivity index (χ0v) is 13.7. The molecule has 1 N–H and O–H groups in total. The second kappa shape index (κ2) is 5.30. The number of nitrogens with zero attached hydrogens (tertiary/aromatic N) is 1. The fourth-order valence-corrected chi connectivity index (χ4v) is 3.31. The summed E-state index contributed by atoms with van der Waals surface area (Å²) < 4.78 is 1.05. The maximum Gasteiger partial charge on any atom is 0.229 e. The van der Waals surface area contributed by atoms with E-state index in [9.17, 15) is 4.79 Å². The highest BCUT2D eigenvalue weighted by atomic mass is 79.9. The molecule has 1 saturated carbocycles. The second-order valence-electron chi connectivity index (χ2n) is 5.24. The van der Waals surface area contributed by atoms with E-state index in [0.717, 1.165) is 27.0 Å². The third-order valence-corrected chi connectivity index (χ3v) is 5.01. The van der Waals surface area contributed by atoms with Crippen LogP contribution in [0.15, 0.2) is 28.7 Å². The number of aromatic nitrogens is 1. The molecule has 0 aliphatic heterocycles. The normalized spacial score (nSPS) is 20.8. The van der Waals surface area contributed by atoms with E-state index < -0.39 is 0 Å². The molecule has 104 valence electrons. The Morgan fingerprint density at radius 2 is 2.05 bits per heavy atom. The quantitative estimate of drug-likeness (QED) is 0.886. The van der Waals surface area contributed by atoms with Crippen molar-refractivity contribution < 1.29 is 4.79 Å². The molecule has 2 aromatic rings. The summed E-state index contributed by atoms with van der Waals surface area (Å²) in [6, 6.07) is 8.05. The first-order chi connectivity index (χ1) is 9.54. The van der Waals surface area contributed by atoms with E-state index in [-0.39, 0.29) is 11.8 Å². The highest BCUT2D eigenvalue weighted by molar-refractivity contribution is 9.10. The molecule has 2 atom stereocenters. The summed E-state index contributed by atoms with van der Waals surface area (Å²) in [7, 11) is 0. The maximum absolute atomic E-state index is 11.9. The molecule has 20 heavy (non-hydrogen) atoms. The van der Waals surface area contributed by atoms with Gasteiger partial charge in [0, 0.05) is 20.8 Å². The van der Waals surface area contributed by atoms with E-state index in [4.69, 9.17) is 0 Å². The lowest BCUT2D eigenvalue weighted by atomic mass is 10.1. The van der Waals surface area contributed by atoms with Crippen LogP contribution in [0.1, 0.15) is 18.2 Å². The lowest BCUT2D eigenvalue weighted by molar-refractivity contribution is -0.117. The monoisotopic (exact) mass is 350 g/mol. The van der Waals surface area contributed by atoms with Crippen LogP contribution in [0.25, 0.3) is 11.3 Å². The number of benzene rings is 1. The number of rotatable bonds is 3. The van der Waals surface area contributed by atoms with E-state index in [0.29, 0.717) is 11.0 Å². The van der Waals surface area contributed by atoms with Gasteiger partial charge in [0.15, 0.2) is 5.13 Å². The minimum Gasteiger partial charge on any atom is -0.302 e. The molecule has 0 unspecified atom stereocenters. The third kappa shape index (κ3) is 2.79. The molecule has 0 radical (unpaired) electrons. The Morgan fingerprint density at radius 1 is 1.40 bits per heavy atom. The van der Waals surface area contributed by atoms with Crippen molar-refractivity contribution in [1.82, 2.24) is 4.98 Å². The van der Waals surface area contributed by atoms with Crippen molar-refractivity contribution in [3.05, 3.63) is 33.6 Å². The minimum absolute atomic E-state index is 0.105. The molecule has 5 heteroatoms.